The van der Waals surface area contributed by atoms with Crippen LogP contribution in [0.1, 0.15) is 17.5 Å². The summed E-state index contributed by atoms with van der Waals surface area (Å²) in [7, 11) is 1.53. The molecular weight excluding hydrogens is 210 g/mol. The van der Waals surface area contributed by atoms with Gasteiger partial charge in [-0.1, -0.05) is 0 Å². The molecule has 0 aromatic heterocycles. The van der Waals surface area contributed by atoms with E-state index in [4.69, 9.17) is 9.47 Å². The van der Waals surface area contributed by atoms with Crippen LogP contribution in [0.5, 0.6) is 5.75 Å². The number of non-ortho nitro benzene ring substituents is 1. The molecule has 1 aliphatic carbocycles. The normalized spacial score (nSPS) is 13.6. The Morgan fingerprint density at radius 1 is 1.44 bits per heavy atom. The Kier molecular flexibility index (Phi) is 3.05. The molecule has 1 aliphatic rings. The number of methoxy groups -OCH3 is 1. The molecule has 0 atom stereocenters. The van der Waals surface area contributed by atoms with Crippen LogP contribution >= 0.6 is 0 Å². The van der Waals surface area contributed by atoms with Crippen LogP contribution in [0.15, 0.2) is 12.1 Å². The summed E-state index contributed by atoms with van der Waals surface area (Å²) in [5.74, 6) is 0.587. The van der Waals surface area contributed by atoms with E-state index in [9.17, 15) is 10.1 Å². The van der Waals surface area contributed by atoms with Gasteiger partial charge in [-0.05, 0) is 30.4 Å². The lowest BCUT2D eigenvalue weighted by Gasteiger charge is -2.09. The standard InChI is InChI=1S/C11H13NO4/c1-15-7-16-11-6-9(12(13)14)5-8-3-2-4-10(8)11/h5-6H,2-4,7H2,1H3. The van der Waals surface area contributed by atoms with Gasteiger partial charge in [-0.3, -0.25) is 10.1 Å². The van der Waals surface area contributed by atoms with Crippen molar-refractivity contribution in [2.75, 3.05) is 13.9 Å². The highest BCUT2D eigenvalue weighted by Crippen LogP contribution is 2.34. The van der Waals surface area contributed by atoms with Crippen LogP contribution in [0.25, 0.3) is 0 Å². The Bertz CT molecular complexity index is 417. The second-order valence-electron chi connectivity index (χ2n) is 3.74. The minimum Gasteiger partial charge on any atom is -0.467 e. The predicted molar refractivity (Wildman–Crippen MR) is 57.6 cm³/mol. The summed E-state index contributed by atoms with van der Waals surface area (Å²) in [4.78, 5) is 10.4. The van der Waals surface area contributed by atoms with E-state index in [2.05, 4.69) is 0 Å². The van der Waals surface area contributed by atoms with Crippen LogP contribution < -0.4 is 4.74 Å². The van der Waals surface area contributed by atoms with E-state index in [0.717, 1.165) is 30.4 Å². The molecule has 0 saturated heterocycles. The molecule has 0 amide bonds. The van der Waals surface area contributed by atoms with Crippen molar-refractivity contribution in [3.63, 3.8) is 0 Å². The second kappa shape index (κ2) is 4.49. The number of nitro groups is 1. The fourth-order valence-corrected chi connectivity index (χ4v) is 2.01. The van der Waals surface area contributed by atoms with Crippen LogP contribution in [0.2, 0.25) is 0 Å². The maximum Gasteiger partial charge on any atom is 0.273 e. The van der Waals surface area contributed by atoms with Gasteiger partial charge in [-0.25, -0.2) is 0 Å². The van der Waals surface area contributed by atoms with Crippen LogP contribution in [-0.2, 0) is 17.6 Å². The minimum atomic E-state index is -0.391. The Labute approximate surface area is 93.1 Å². The Morgan fingerprint density at radius 2 is 2.25 bits per heavy atom. The molecule has 0 N–H and O–H groups in total. The zero-order chi connectivity index (χ0) is 11.5. The monoisotopic (exact) mass is 223 g/mol. The summed E-state index contributed by atoms with van der Waals surface area (Å²) >= 11 is 0. The van der Waals surface area contributed by atoms with Gasteiger partial charge < -0.3 is 9.47 Å². The van der Waals surface area contributed by atoms with Crippen molar-refractivity contribution in [3.8, 4) is 5.75 Å². The number of ether oxygens (including phenoxy) is 2. The van der Waals surface area contributed by atoms with E-state index in [1.807, 2.05) is 0 Å². The maximum atomic E-state index is 10.7. The highest BCUT2D eigenvalue weighted by atomic mass is 16.7. The lowest BCUT2D eigenvalue weighted by atomic mass is 10.1. The lowest BCUT2D eigenvalue weighted by Crippen LogP contribution is -2.02. The summed E-state index contributed by atoms with van der Waals surface area (Å²) < 4.78 is 10.2. The molecule has 5 heteroatoms. The summed E-state index contributed by atoms with van der Waals surface area (Å²) in [5.41, 5.74) is 2.20. The number of hydrogen-bond acceptors (Lipinski definition) is 4. The third-order valence-electron chi connectivity index (χ3n) is 2.70. The quantitative estimate of drug-likeness (QED) is 0.445. The van der Waals surface area contributed by atoms with Gasteiger partial charge in [-0.15, -0.1) is 0 Å². The summed E-state index contributed by atoms with van der Waals surface area (Å²) in [5, 5.41) is 10.7. The molecule has 0 fully saturated rings. The summed E-state index contributed by atoms with van der Waals surface area (Å²) in [6, 6.07) is 3.12. The average Bonchev–Trinajstić information content (AvgIpc) is 2.73. The first-order chi connectivity index (χ1) is 7.72. The first kappa shape index (κ1) is 10.9. The van der Waals surface area contributed by atoms with E-state index in [0.29, 0.717) is 5.75 Å². The number of nitro benzene ring substituents is 1. The summed E-state index contributed by atoms with van der Waals surface area (Å²) in [6.45, 7) is 0.119. The summed E-state index contributed by atoms with van der Waals surface area (Å²) in [6.07, 6.45) is 2.84. The topological polar surface area (TPSA) is 61.6 Å². The average molecular weight is 223 g/mol. The molecule has 0 aliphatic heterocycles. The van der Waals surface area contributed by atoms with Gasteiger partial charge in [-0.2, -0.15) is 0 Å². The fourth-order valence-electron chi connectivity index (χ4n) is 2.01. The molecule has 1 aromatic rings. The minimum absolute atomic E-state index is 0.0896. The third-order valence-corrected chi connectivity index (χ3v) is 2.70. The molecule has 86 valence electrons. The fraction of sp³-hybridized carbons (Fsp3) is 0.455. The number of benzene rings is 1. The molecule has 0 heterocycles. The smallest absolute Gasteiger partial charge is 0.273 e. The van der Waals surface area contributed by atoms with Gasteiger partial charge in [0.1, 0.15) is 5.75 Å². The molecule has 16 heavy (non-hydrogen) atoms. The van der Waals surface area contributed by atoms with Crippen molar-refractivity contribution in [2.45, 2.75) is 19.3 Å². The predicted octanol–water partition coefficient (Wildman–Crippen LogP) is 2.07. The second-order valence-corrected chi connectivity index (χ2v) is 3.74. The highest BCUT2D eigenvalue weighted by molar-refractivity contribution is 5.51. The highest BCUT2D eigenvalue weighted by Gasteiger charge is 2.21. The van der Waals surface area contributed by atoms with Crippen molar-refractivity contribution in [1.29, 1.82) is 0 Å². The lowest BCUT2D eigenvalue weighted by molar-refractivity contribution is -0.385. The number of rotatable bonds is 4. The van der Waals surface area contributed by atoms with E-state index in [1.54, 1.807) is 6.07 Å². The van der Waals surface area contributed by atoms with Crippen molar-refractivity contribution in [2.24, 2.45) is 0 Å². The van der Waals surface area contributed by atoms with Crippen LogP contribution in [0.4, 0.5) is 5.69 Å². The van der Waals surface area contributed by atoms with Gasteiger partial charge in [0.25, 0.3) is 5.69 Å². The molecule has 0 radical (unpaired) electrons. The Hall–Kier alpha value is -1.62. The van der Waals surface area contributed by atoms with E-state index in [-0.39, 0.29) is 12.5 Å². The van der Waals surface area contributed by atoms with Crippen molar-refractivity contribution in [3.05, 3.63) is 33.4 Å². The maximum absolute atomic E-state index is 10.7. The zero-order valence-electron chi connectivity index (χ0n) is 9.06. The van der Waals surface area contributed by atoms with Gasteiger partial charge in [0, 0.05) is 13.2 Å². The van der Waals surface area contributed by atoms with Gasteiger partial charge >= 0.3 is 0 Å². The SMILES string of the molecule is COCOc1cc([N+](=O)[O-])cc2c1CCC2. The largest absolute Gasteiger partial charge is 0.467 e. The van der Waals surface area contributed by atoms with Crippen molar-refractivity contribution < 1.29 is 14.4 Å². The Balaban J connectivity index is 2.37. The van der Waals surface area contributed by atoms with Crippen LogP contribution in [0.3, 0.4) is 0 Å². The molecule has 2 rings (SSSR count). The molecule has 1 aromatic carbocycles. The number of nitrogens with zero attached hydrogens (tertiary/aromatic N) is 1. The first-order valence-electron chi connectivity index (χ1n) is 5.14. The van der Waals surface area contributed by atoms with Crippen LogP contribution in [0, 0.1) is 10.1 Å². The molecular formula is C11H13NO4. The third kappa shape index (κ3) is 1.99. The van der Waals surface area contributed by atoms with Gasteiger partial charge in [0.05, 0.1) is 11.0 Å². The van der Waals surface area contributed by atoms with E-state index < -0.39 is 4.92 Å². The van der Waals surface area contributed by atoms with Gasteiger partial charge in [0.15, 0.2) is 6.79 Å². The van der Waals surface area contributed by atoms with Crippen molar-refractivity contribution >= 4 is 5.69 Å². The van der Waals surface area contributed by atoms with E-state index in [1.165, 1.54) is 13.2 Å². The molecule has 0 saturated carbocycles. The molecule has 0 bridgehead atoms. The Morgan fingerprint density at radius 3 is 2.94 bits per heavy atom. The molecule has 0 unspecified atom stereocenters. The van der Waals surface area contributed by atoms with Crippen molar-refractivity contribution in [1.82, 2.24) is 0 Å². The number of fused-ring (bicyclic) bond motifs is 1. The molecule has 0 spiro atoms. The van der Waals surface area contributed by atoms with Crippen LogP contribution in [-0.4, -0.2) is 18.8 Å². The number of hydrogen-bond donors (Lipinski definition) is 0. The number of aryl methyl sites for hydroxylation is 1. The van der Waals surface area contributed by atoms with Gasteiger partial charge in [0.2, 0.25) is 0 Å². The zero-order valence-corrected chi connectivity index (χ0v) is 9.06. The molecule has 5 nitrogen and oxygen atoms in total. The van der Waals surface area contributed by atoms with E-state index >= 15 is 0 Å². The first-order valence-corrected chi connectivity index (χ1v) is 5.14.